The smallest absolute Gasteiger partial charge is 0.319 e. The van der Waals surface area contributed by atoms with Gasteiger partial charge in [-0.1, -0.05) is 25.3 Å². The van der Waals surface area contributed by atoms with Crippen molar-refractivity contribution in [3.8, 4) is 41.2 Å². The lowest BCUT2D eigenvalue weighted by molar-refractivity contribution is 0.108. The fraction of sp³-hybridized carbons (Fsp3) is 0.457. The van der Waals surface area contributed by atoms with Crippen LogP contribution in [0.2, 0.25) is 0 Å². The standard InChI is InChI=1S/C35H38F2N6O3/c1-3-5-13-38-19-22-10-16-45-33-28-31(41-34(42-32(28)39-22)46-20-35-11-6-14-43(35)15-7-12-35)29(37)30(40-33)25-18-23(44)17-21-8-9-26(36)24(4-2)27(21)25/h2,8-9,17-18,22,38,44H,3,5-7,10-16,19-20H2,1H3,(H,39,41,42). The number of unbranched alkanes of at least 4 members (excludes halogenated alkanes) is 1. The van der Waals surface area contributed by atoms with Gasteiger partial charge < -0.3 is 25.2 Å². The first-order chi connectivity index (χ1) is 22.4. The van der Waals surface area contributed by atoms with E-state index in [1.165, 1.54) is 24.3 Å². The minimum Gasteiger partial charge on any atom is -0.508 e. The van der Waals surface area contributed by atoms with E-state index in [1.807, 2.05) is 0 Å². The van der Waals surface area contributed by atoms with Crippen LogP contribution in [0, 0.1) is 24.0 Å². The Morgan fingerprint density at radius 2 is 2.00 bits per heavy atom. The molecule has 3 aliphatic heterocycles. The summed E-state index contributed by atoms with van der Waals surface area (Å²) in [6.07, 6.45) is 12.8. The number of benzene rings is 2. The maximum absolute atomic E-state index is 16.9. The molecule has 2 saturated heterocycles. The lowest BCUT2D eigenvalue weighted by atomic mass is 9.95. The van der Waals surface area contributed by atoms with Gasteiger partial charge in [-0.25, -0.2) is 13.8 Å². The number of rotatable bonds is 9. The third kappa shape index (κ3) is 5.43. The minimum absolute atomic E-state index is 0.0468. The summed E-state index contributed by atoms with van der Waals surface area (Å²) in [7, 11) is 0. The van der Waals surface area contributed by atoms with Gasteiger partial charge in [0, 0.05) is 30.0 Å². The van der Waals surface area contributed by atoms with Gasteiger partial charge in [0.1, 0.15) is 40.6 Å². The molecule has 1 unspecified atom stereocenters. The third-order valence-electron chi connectivity index (χ3n) is 9.61. The molecule has 4 aromatic rings. The van der Waals surface area contributed by atoms with Gasteiger partial charge >= 0.3 is 6.01 Å². The van der Waals surface area contributed by atoms with Gasteiger partial charge in [0.15, 0.2) is 5.82 Å². The summed E-state index contributed by atoms with van der Waals surface area (Å²) in [5, 5.41) is 18.6. The molecule has 2 aromatic heterocycles. The van der Waals surface area contributed by atoms with Gasteiger partial charge in [-0.3, -0.25) is 4.90 Å². The Hall–Kier alpha value is -4.27. The summed E-state index contributed by atoms with van der Waals surface area (Å²) in [4.78, 5) is 16.4. The van der Waals surface area contributed by atoms with E-state index in [4.69, 9.17) is 20.9 Å². The van der Waals surface area contributed by atoms with Crippen LogP contribution in [0.1, 0.15) is 57.4 Å². The summed E-state index contributed by atoms with van der Waals surface area (Å²) in [6, 6.07) is 5.51. The molecule has 11 heteroatoms. The molecule has 0 saturated carbocycles. The molecular weight excluding hydrogens is 590 g/mol. The monoisotopic (exact) mass is 628 g/mol. The number of terminal acetylenes is 1. The molecule has 2 fully saturated rings. The van der Waals surface area contributed by atoms with Gasteiger partial charge in [-0.05, 0) is 75.3 Å². The number of phenolic OH excluding ortho intramolecular Hbond substituents is 1. The Labute approximate surface area is 266 Å². The van der Waals surface area contributed by atoms with Crippen LogP contribution in [-0.2, 0) is 0 Å². The van der Waals surface area contributed by atoms with E-state index in [9.17, 15) is 9.50 Å². The van der Waals surface area contributed by atoms with E-state index in [0.29, 0.717) is 42.8 Å². The Morgan fingerprint density at radius 1 is 1.17 bits per heavy atom. The number of hydrogen-bond donors (Lipinski definition) is 3. The van der Waals surface area contributed by atoms with Crippen LogP contribution in [0.15, 0.2) is 24.3 Å². The van der Waals surface area contributed by atoms with Gasteiger partial charge in [0.05, 0.1) is 17.7 Å². The Kier molecular flexibility index (Phi) is 8.25. The Balaban J connectivity index is 1.37. The summed E-state index contributed by atoms with van der Waals surface area (Å²) in [5.74, 6) is 1.33. The number of fused-ring (bicyclic) bond motifs is 2. The highest BCUT2D eigenvalue weighted by Crippen LogP contribution is 2.43. The predicted molar refractivity (Wildman–Crippen MR) is 173 cm³/mol. The number of halogens is 2. The average molecular weight is 629 g/mol. The summed E-state index contributed by atoms with van der Waals surface area (Å²) < 4.78 is 44.3. The van der Waals surface area contributed by atoms with E-state index in [0.717, 1.165) is 58.2 Å². The largest absolute Gasteiger partial charge is 0.508 e. The van der Waals surface area contributed by atoms with E-state index < -0.39 is 11.6 Å². The highest BCUT2D eigenvalue weighted by atomic mass is 19.1. The van der Waals surface area contributed by atoms with Crippen molar-refractivity contribution < 1.29 is 23.4 Å². The number of aromatic hydroxyl groups is 1. The minimum atomic E-state index is -0.781. The van der Waals surface area contributed by atoms with E-state index in [-0.39, 0.29) is 56.9 Å². The second-order valence-electron chi connectivity index (χ2n) is 12.6. The van der Waals surface area contributed by atoms with E-state index in [1.54, 1.807) is 0 Å². The SMILES string of the molecule is C#Cc1c(F)ccc2cc(O)cc(-c3nc4c5c(nc(OCC67CCCN6CCC7)nc5c3F)NC(CNCCCC)CCO4)c12. The van der Waals surface area contributed by atoms with Gasteiger partial charge in [0.25, 0.3) is 0 Å². The van der Waals surface area contributed by atoms with E-state index >= 15 is 4.39 Å². The molecular formula is C35H38F2N6O3. The van der Waals surface area contributed by atoms with Gasteiger partial charge in [-0.2, -0.15) is 9.97 Å². The lowest BCUT2D eigenvalue weighted by Gasteiger charge is -2.31. The number of aromatic nitrogens is 3. The summed E-state index contributed by atoms with van der Waals surface area (Å²) in [6.45, 7) is 6.51. The molecule has 7 rings (SSSR count). The fourth-order valence-electron chi connectivity index (χ4n) is 7.28. The van der Waals surface area contributed by atoms with Crippen LogP contribution < -0.4 is 20.1 Å². The van der Waals surface area contributed by atoms with Crippen molar-refractivity contribution in [3.05, 3.63) is 41.5 Å². The fourth-order valence-corrected chi connectivity index (χ4v) is 7.28. The zero-order valence-electron chi connectivity index (χ0n) is 26.0. The molecule has 3 aliphatic rings. The van der Waals surface area contributed by atoms with E-state index in [2.05, 4.69) is 38.3 Å². The van der Waals surface area contributed by atoms with Crippen LogP contribution in [0.5, 0.6) is 17.6 Å². The number of pyridine rings is 1. The first kappa shape index (κ1) is 30.4. The molecule has 3 N–H and O–H groups in total. The molecule has 1 atom stereocenters. The van der Waals surface area contributed by atoms with Crippen molar-refractivity contribution in [2.45, 2.75) is 63.5 Å². The number of hydrogen-bond acceptors (Lipinski definition) is 9. The van der Waals surface area contributed by atoms with Crippen LogP contribution in [0.4, 0.5) is 14.6 Å². The maximum Gasteiger partial charge on any atom is 0.319 e. The van der Waals surface area contributed by atoms with Gasteiger partial charge in [0.2, 0.25) is 5.88 Å². The third-order valence-corrected chi connectivity index (χ3v) is 9.61. The normalized spacial score (nSPS) is 18.9. The molecule has 5 heterocycles. The van der Waals surface area contributed by atoms with Crippen molar-refractivity contribution in [1.29, 1.82) is 0 Å². The van der Waals surface area contributed by atoms with Crippen molar-refractivity contribution in [1.82, 2.24) is 25.2 Å². The molecule has 0 amide bonds. The number of anilines is 1. The molecule has 0 radical (unpaired) electrons. The van der Waals surface area contributed by atoms with Crippen molar-refractivity contribution in [2.75, 3.05) is 44.7 Å². The molecule has 0 bridgehead atoms. The number of phenols is 1. The summed E-state index contributed by atoms with van der Waals surface area (Å²) >= 11 is 0. The quantitative estimate of drug-likeness (QED) is 0.157. The van der Waals surface area contributed by atoms with Crippen molar-refractivity contribution in [3.63, 3.8) is 0 Å². The zero-order valence-corrected chi connectivity index (χ0v) is 26.0. The number of nitrogens with zero attached hydrogens (tertiary/aromatic N) is 4. The number of ether oxygens (including phenoxy) is 2. The molecule has 240 valence electrons. The maximum atomic E-state index is 16.9. The van der Waals surface area contributed by atoms with Crippen LogP contribution >= 0.6 is 0 Å². The molecule has 9 nitrogen and oxygen atoms in total. The molecule has 46 heavy (non-hydrogen) atoms. The highest BCUT2D eigenvalue weighted by molar-refractivity contribution is 6.04. The Bertz CT molecular complexity index is 1830. The predicted octanol–water partition coefficient (Wildman–Crippen LogP) is 5.77. The molecule has 0 aliphatic carbocycles. The highest BCUT2D eigenvalue weighted by Gasteiger charge is 2.45. The van der Waals surface area contributed by atoms with Crippen LogP contribution in [0.25, 0.3) is 32.9 Å². The Morgan fingerprint density at radius 3 is 2.78 bits per heavy atom. The summed E-state index contributed by atoms with van der Waals surface area (Å²) in [5.41, 5.74) is -0.203. The first-order valence-corrected chi connectivity index (χ1v) is 16.2. The lowest BCUT2D eigenvalue weighted by Crippen LogP contribution is -2.43. The van der Waals surface area contributed by atoms with Gasteiger partial charge in [-0.15, -0.1) is 6.42 Å². The van der Waals surface area contributed by atoms with Crippen molar-refractivity contribution in [2.24, 2.45) is 0 Å². The topological polar surface area (TPSA) is 105 Å². The van der Waals surface area contributed by atoms with Crippen molar-refractivity contribution >= 4 is 27.5 Å². The molecule has 0 spiro atoms. The molecule has 2 aromatic carbocycles. The zero-order chi connectivity index (χ0) is 31.8. The second-order valence-corrected chi connectivity index (χ2v) is 12.6. The first-order valence-electron chi connectivity index (χ1n) is 16.2. The average Bonchev–Trinajstić information content (AvgIpc) is 3.62. The van der Waals surface area contributed by atoms with Crippen LogP contribution in [-0.4, -0.2) is 75.9 Å². The van der Waals surface area contributed by atoms with Crippen LogP contribution in [0.3, 0.4) is 0 Å². The number of nitrogens with one attached hydrogen (secondary N) is 2. The second kappa shape index (κ2) is 12.5.